The van der Waals surface area contributed by atoms with Gasteiger partial charge in [-0.1, -0.05) is 23.2 Å². The first-order chi connectivity index (χ1) is 10.3. The van der Waals surface area contributed by atoms with Crippen LogP contribution in [0.25, 0.3) is 0 Å². The van der Waals surface area contributed by atoms with Gasteiger partial charge < -0.3 is 10.1 Å². The highest BCUT2D eigenvalue weighted by atomic mass is 35.5. The zero-order valence-electron chi connectivity index (χ0n) is 12.8. The summed E-state index contributed by atoms with van der Waals surface area (Å²) in [5.41, 5.74) is 2.32. The third-order valence-corrected chi connectivity index (χ3v) is 3.87. The van der Waals surface area contributed by atoms with E-state index in [1.54, 1.807) is 29.8 Å². The first-order valence-corrected chi connectivity index (χ1v) is 7.48. The lowest BCUT2D eigenvalue weighted by atomic mass is 10.3. The highest BCUT2D eigenvalue weighted by Gasteiger charge is 2.19. The second-order valence-electron chi connectivity index (χ2n) is 4.99. The molecule has 0 saturated heterocycles. The van der Waals surface area contributed by atoms with Crippen molar-refractivity contribution in [2.45, 2.75) is 26.9 Å². The van der Waals surface area contributed by atoms with Gasteiger partial charge >= 0.3 is 0 Å². The monoisotopic (exact) mass is 341 g/mol. The summed E-state index contributed by atoms with van der Waals surface area (Å²) >= 11 is 11.9. The second kappa shape index (κ2) is 6.58. The van der Waals surface area contributed by atoms with Gasteiger partial charge in [-0.15, -0.1) is 0 Å². The van der Waals surface area contributed by atoms with Gasteiger partial charge in [0.05, 0.1) is 22.1 Å². The Bertz CT molecular complexity index is 713. The summed E-state index contributed by atoms with van der Waals surface area (Å²) in [6.45, 7) is 5.37. The van der Waals surface area contributed by atoms with E-state index in [2.05, 4.69) is 10.4 Å². The lowest BCUT2D eigenvalue weighted by Gasteiger charge is -2.16. The van der Waals surface area contributed by atoms with Crippen LogP contribution in [0.5, 0.6) is 5.75 Å². The molecule has 22 heavy (non-hydrogen) atoms. The number of carbonyl (C=O) groups is 1. The minimum atomic E-state index is -0.727. The van der Waals surface area contributed by atoms with E-state index < -0.39 is 6.10 Å². The van der Waals surface area contributed by atoms with Crippen LogP contribution < -0.4 is 10.1 Å². The standard InChI is InChI=1S/C15H17Cl2N3O2/c1-8-14(9(2)20(4)19-8)18-15(21)10(3)22-13-7-11(16)5-6-12(13)17/h5-7,10H,1-4H3,(H,18,21)/t10-/m1/s1. The Morgan fingerprint density at radius 2 is 2.05 bits per heavy atom. The number of ether oxygens (including phenoxy) is 1. The molecule has 1 amide bonds. The highest BCUT2D eigenvalue weighted by molar-refractivity contribution is 6.34. The molecule has 2 aromatic rings. The summed E-state index contributed by atoms with van der Waals surface area (Å²) in [5.74, 6) is 0.0895. The van der Waals surface area contributed by atoms with Crippen molar-refractivity contribution >= 4 is 34.8 Å². The molecule has 1 aromatic carbocycles. The van der Waals surface area contributed by atoms with E-state index in [9.17, 15) is 4.79 Å². The van der Waals surface area contributed by atoms with Crippen molar-refractivity contribution < 1.29 is 9.53 Å². The number of amides is 1. The summed E-state index contributed by atoms with van der Waals surface area (Å²) in [6, 6.07) is 4.86. The van der Waals surface area contributed by atoms with Gasteiger partial charge in [-0.3, -0.25) is 9.48 Å². The largest absolute Gasteiger partial charge is 0.479 e. The fourth-order valence-electron chi connectivity index (χ4n) is 1.99. The fourth-order valence-corrected chi connectivity index (χ4v) is 2.32. The average molecular weight is 342 g/mol. The first kappa shape index (κ1) is 16.6. The third-order valence-electron chi connectivity index (χ3n) is 3.32. The van der Waals surface area contributed by atoms with Crippen LogP contribution in [0.3, 0.4) is 0 Å². The van der Waals surface area contributed by atoms with Gasteiger partial charge in [-0.05, 0) is 32.9 Å². The van der Waals surface area contributed by atoms with Gasteiger partial charge in [0.15, 0.2) is 6.10 Å². The van der Waals surface area contributed by atoms with E-state index >= 15 is 0 Å². The molecular formula is C15H17Cl2N3O2. The normalized spacial score (nSPS) is 12.1. The molecule has 0 aliphatic rings. The lowest BCUT2D eigenvalue weighted by molar-refractivity contribution is -0.122. The number of hydrogen-bond donors (Lipinski definition) is 1. The second-order valence-corrected chi connectivity index (χ2v) is 5.84. The van der Waals surface area contributed by atoms with Crippen molar-refractivity contribution in [1.29, 1.82) is 0 Å². The molecule has 118 valence electrons. The quantitative estimate of drug-likeness (QED) is 0.921. The molecule has 1 atom stereocenters. The summed E-state index contributed by atoms with van der Waals surface area (Å²) in [6.07, 6.45) is -0.727. The van der Waals surface area contributed by atoms with Gasteiger partial charge in [0.25, 0.3) is 5.91 Å². The number of aryl methyl sites for hydroxylation is 2. The van der Waals surface area contributed by atoms with Gasteiger partial charge in [0.2, 0.25) is 0 Å². The van der Waals surface area contributed by atoms with Crippen LogP contribution in [0.15, 0.2) is 18.2 Å². The first-order valence-electron chi connectivity index (χ1n) is 6.72. The zero-order valence-corrected chi connectivity index (χ0v) is 14.3. The minimum absolute atomic E-state index is 0.282. The number of hydrogen-bond acceptors (Lipinski definition) is 3. The van der Waals surface area contributed by atoms with Crippen LogP contribution in [-0.4, -0.2) is 21.8 Å². The van der Waals surface area contributed by atoms with Crippen LogP contribution in [0, 0.1) is 13.8 Å². The minimum Gasteiger partial charge on any atom is -0.479 e. The molecule has 5 nitrogen and oxygen atoms in total. The third kappa shape index (κ3) is 3.54. The molecule has 0 bridgehead atoms. The van der Waals surface area contributed by atoms with E-state index in [0.717, 1.165) is 11.4 Å². The molecule has 0 saturated carbocycles. The molecule has 2 rings (SSSR count). The van der Waals surface area contributed by atoms with Crippen LogP contribution in [0.4, 0.5) is 5.69 Å². The summed E-state index contributed by atoms with van der Waals surface area (Å²) in [4.78, 5) is 12.3. The summed E-state index contributed by atoms with van der Waals surface area (Å²) in [5, 5.41) is 7.98. The van der Waals surface area contributed by atoms with Gasteiger partial charge in [-0.25, -0.2) is 0 Å². The Kier molecular flexibility index (Phi) is 4.98. The predicted molar refractivity (Wildman–Crippen MR) is 87.9 cm³/mol. The van der Waals surface area contributed by atoms with Crippen molar-refractivity contribution in [2.24, 2.45) is 7.05 Å². The van der Waals surface area contributed by atoms with Crippen LogP contribution in [0.1, 0.15) is 18.3 Å². The Labute approximate surface area is 139 Å². The number of rotatable bonds is 4. The fraction of sp³-hybridized carbons (Fsp3) is 0.333. The van der Waals surface area contributed by atoms with Gasteiger partial charge in [0.1, 0.15) is 5.75 Å². The molecule has 0 spiro atoms. The number of benzene rings is 1. The molecule has 0 unspecified atom stereocenters. The van der Waals surface area contributed by atoms with Gasteiger partial charge in [-0.2, -0.15) is 5.10 Å². The maximum absolute atomic E-state index is 12.3. The maximum Gasteiger partial charge on any atom is 0.265 e. The molecule has 1 aromatic heterocycles. The molecular weight excluding hydrogens is 325 g/mol. The number of nitrogens with zero attached hydrogens (tertiary/aromatic N) is 2. The van der Waals surface area contributed by atoms with Crippen molar-refractivity contribution in [3.8, 4) is 5.75 Å². The number of nitrogens with one attached hydrogen (secondary N) is 1. The van der Waals surface area contributed by atoms with Crippen LogP contribution in [-0.2, 0) is 11.8 Å². The molecule has 0 radical (unpaired) electrons. The number of anilines is 1. The SMILES string of the molecule is Cc1nn(C)c(C)c1NC(=O)[C@@H](C)Oc1cc(Cl)ccc1Cl. The number of carbonyl (C=O) groups excluding carboxylic acids is 1. The summed E-state index contributed by atoms with van der Waals surface area (Å²) < 4.78 is 7.30. The van der Waals surface area contributed by atoms with E-state index in [1.807, 2.05) is 20.9 Å². The van der Waals surface area contributed by atoms with E-state index in [4.69, 9.17) is 27.9 Å². The zero-order chi connectivity index (χ0) is 16.4. The van der Waals surface area contributed by atoms with Crippen molar-refractivity contribution in [1.82, 2.24) is 9.78 Å². The molecule has 7 heteroatoms. The molecule has 1 N–H and O–H groups in total. The van der Waals surface area contributed by atoms with Crippen molar-refractivity contribution in [3.63, 3.8) is 0 Å². The molecule has 1 heterocycles. The number of halogens is 2. The van der Waals surface area contributed by atoms with Crippen LogP contribution in [0.2, 0.25) is 10.0 Å². The lowest BCUT2D eigenvalue weighted by Crippen LogP contribution is -2.30. The van der Waals surface area contributed by atoms with Gasteiger partial charge in [0, 0.05) is 18.1 Å². The Morgan fingerprint density at radius 1 is 1.36 bits per heavy atom. The number of aromatic nitrogens is 2. The molecule has 0 aliphatic carbocycles. The maximum atomic E-state index is 12.3. The van der Waals surface area contributed by atoms with Crippen molar-refractivity contribution in [2.75, 3.05) is 5.32 Å². The molecule has 0 aliphatic heterocycles. The van der Waals surface area contributed by atoms with E-state index in [0.29, 0.717) is 21.5 Å². The predicted octanol–water partition coefficient (Wildman–Crippen LogP) is 3.75. The van der Waals surface area contributed by atoms with Crippen molar-refractivity contribution in [3.05, 3.63) is 39.6 Å². The highest BCUT2D eigenvalue weighted by Crippen LogP contribution is 2.28. The smallest absolute Gasteiger partial charge is 0.265 e. The Balaban J connectivity index is 2.11. The Hall–Kier alpha value is -1.72. The van der Waals surface area contributed by atoms with E-state index in [1.165, 1.54) is 0 Å². The Morgan fingerprint density at radius 3 is 2.64 bits per heavy atom. The molecule has 0 fully saturated rings. The topological polar surface area (TPSA) is 56.2 Å². The summed E-state index contributed by atoms with van der Waals surface area (Å²) in [7, 11) is 1.82. The van der Waals surface area contributed by atoms with E-state index in [-0.39, 0.29) is 5.91 Å². The van der Waals surface area contributed by atoms with Crippen LogP contribution >= 0.6 is 23.2 Å². The average Bonchev–Trinajstić information content (AvgIpc) is 2.69.